The Balaban J connectivity index is 2.91. The molecule has 0 fully saturated rings. The number of hydrogen-bond acceptors (Lipinski definition) is 4. The molecule has 1 rings (SSSR count). The Morgan fingerprint density at radius 1 is 1.57 bits per heavy atom. The van der Waals surface area contributed by atoms with E-state index in [1.54, 1.807) is 0 Å². The van der Waals surface area contributed by atoms with Gasteiger partial charge in [0.05, 0.1) is 7.11 Å². The summed E-state index contributed by atoms with van der Waals surface area (Å²) in [6.45, 7) is 4.41. The predicted octanol–water partition coefficient (Wildman–Crippen LogP) is 0.428. The van der Waals surface area contributed by atoms with E-state index in [-0.39, 0.29) is 11.5 Å². The van der Waals surface area contributed by atoms with E-state index in [9.17, 15) is 18.4 Å². The highest BCUT2D eigenvalue weighted by atomic mass is 19.3. The lowest BCUT2D eigenvalue weighted by Crippen LogP contribution is -2.43. The number of nitrogens with one attached hydrogen (secondary N) is 1. The molecule has 1 aromatic heterocycles. The van der Waals surface area contributed by atoms with Gasteiger partial charge in [-0.2, -0.15) is 5.10 Å². The highest BCUT2D eigenvalue weighted by Crippen LogP contribution is 2.22. The van der Waals surface area contributed by atoms with E-state index in [2.05, 4.69) is 17.0 Å². The lowest BCUT2D eigenvalue weighted by atomic mass is 10.3. The van der Waals surface area contributed by atoms with Crippen LogP contribution in [0.5, 0.6) is 0 Å². The molecule has 7 nitrogen and oxygen atoms in total. The summed E-state index contributed by atoms with van der Waals surface area (Å²) in [7, 11) is 1.32. The number of alkyl halides is 2. The number of primary amides is 1. The first kappa shape index (κ1) is 16.6. The van der Waals surface area contributed by atoms with E-state index >= 15 is 0 Å². The van der Waals surface area contributed by atoms with Crippen LogP contribution < -0.4 is 11.1 Å². The molecule has 9 heteroatoms. The number of ether oxygens (including phenoxy) is 1. The number of carbonyl (C=O) groups excluding carboxylic acids is 2. The van der Waals surface area contributed by atoms with E-state index in [1.165, 1.54) is 14.0 Å². The van der Waals surface area contributed by atoms with Crippen LogP contribution in [0.3, 0.4) is 0 Å². The quantitative estimate of drug-likeness (QED) is 0.713. The first-order valence-corrected chi connectivity index (χ1v) is 5.94. The Labute approximate surface area is 119 Å². The maximum atomic E-state index is 12.9. The van der Waals surface area contributed by atoms with Crippen molar-refractivity contribution in [3.8, 4) is 0 Å². The topological polar surface area (TPSA) is 99.2 Å². The zero-order chi connectivity index (χ0) is 16.2. The number of carbonyl (C=O) groups is 2. The second-order valence-electron chi connectivity index (χ2n) is 4.23. The van der Waals surface area contributed by atoms with Crippen LogP contribution in [-0.2, 0) is 20.9 Å². The van der Waals surface area contributed by atoms with Gasteiger partial charge in [0.1, 0.15) is 29.7 Å². The molecule has 2 amide bonds. The van der Waals surface area contributed by atoms with E-state index in [4.69, 9.17) is 10.5 Å². The van der Waals surface area contributed by atoms with Crippen molar-refractivity contribution in [2.45, 2.75) is 25.9 Å². The molecule has 116 valence electrons. The summed E-state index contributed by atoms with van der Waals surface area (Å²) >= 11 is 0. The first-order valence-electron chi connectivity index (χ1n) is 5.94. The molecule has 1 aromatic rings. The van der Waals surface area contributed by atoms with Crippen molar-refractivity contribution < 1.29 is 23.1 Å². The molecule has 0 aliphatic rings. The molecule has 0 spiro atoms. The van der Waals surface area contributed by atoms with Crippen LogP contribution in [0.2, 0.25) is 0 Å². The summed E-state index contributed by atoms with van der Waals surface area (Å²) in [4.78, 5) is 22.5. The number of aromatic nitrogens is 2. The molecular formula is C12H16F2N4O3. The highest BCUT2D eigenvalue weighted by Gasteiger charge is 2.21. The Morgan fingerprint density at radius 3 is 2.67 bits per heavy atom. The van der Waals surface area contributed by atoms with Crippen LogP contribution in [0.4, 0.5) is 8.78 Å². The third-order valence-electron chi connectivity index (χ3n) is 2.66. The standard InChI is InChI=1S/C12H16F2N4O3/c1-6(12(15)20)16-10(19)5-18-9(11(13)14)4-8(17-18)7(2)21-3/h4,6,11H,2,5H2,1,3H3,(H2,15,20)(H,16,19). The molecule has 1 atom stereocenters. The number of nitrogens with two attached hydrogens (primary N) is 1. The average Bonchev–Trinajstić information content (AvgIpc) is 2.81. The summed E-state index contributed by atoms with van der Waals surface area (Å²) in [6.07, 6.45) is -2.82. The summed E-state index contributed by atoms with van der Waals surface area (Å²) in [5, 5.41) is 6.10. The number of rotatable bonds is 7. The van der Waals surface area contributed by atoms with Crippen molar-refractivity contribution in [3.05, 3.63) is 24.0 Å². The molecule has 1 heterocycles. The van der Waals surface area contributed by atoms with E-state index in [0.717, 1.165) is 10.7 Å². The lowest BCUT2D eigenvalue weighted by molar-refractivity contribution is -0.127. The molecule has 21 heavy (non-hydrogen) atoms. The van der Waals surface area contributed by atoms with Crippen LogP contribution in [0.1, 0.15) is 24.7 Å². The zero-order valence-electron chi connectivity index (χ0n) is 11.6. The second-order valence-corrected chi connectivity index (χ2v) is 4.23. The van der Waals surface area contributed by atoms with Crippen molar-refractivity contribution in [3.63, 3.8) is 0 Å². The van der Waals surface area contributed by atoms with Gasteiger partial charge in [-0.3, -0.25) is 14.3 Å². The number of nitrogens with zero attached hydrogens (tertiary/aromatic N) is 2. The Bertz CT molecular complexity index is 557. The Morgan fingerprint density at radius 2 is 2.19 bits per heavy atom. The number of amides is 2. The lowest BCUT2D eigenvalue weighted by Gasteiger charge is -2.11. The SMILES string of the molecule is C=C(OC)c1cc(C(F)F)n(CC(=O)NC(C)C(N)=O)n1. The summed E-state index contributed by atoms with van der Waals surface area (Å²) in [6, 6.07) is 0.179. The van der Waals surface area contributed by atoms with Gasteiger partial charge in [0.25, 0.3) is 6.43 Å². The first-order chi connectivity index (χ1) is 9.76. The van der Waals surface area contributed by atoms with Crippen molar-refractivity contribution in [1.29, 1.82) is 0 Å². The zero-order valence-corrected chi connectivity index (χ0v) is 11.6. The smallest absolute Gasteiger partial charge is 0.280 e. The van der Waals surface area contributed by atoms with E-state index in [1.807, 2.05) is 0 Å². The summed E-state index contributed by atoms with van der Waals surface area (Å²) < 4.78 is 31.5. The minimum atomic E-state index is -2.82. The number of methoxy groups -OCH3 is 1. The fraction of sp³-hybridized carbons (Fsp3) is 0.417. The molecule has 0 radical (unpaired) electrons. The van der Waals surface area contributed by atoms with Crippen molar-refractivity contribution >= 4 is 17.6 Å². The van der Waals surface area contributed by atoms with Crippen LogP contribution in [0.15, 0.2) is 12.6 Å². The maximum Gasteiger partial charge on any atom is 0.280 e. The number of hydrogen-bond donors (Lipinski definition) is 2. The van der Waals surface area contributed by atoms with Crippen LogP contribution in [-0.4, -0.2) is 34.7 Å². The van der Waals surface area contributed by atoms with Gasteiger partial charge >= 0.3 is 0 Å². The van der Waals surface area contributed by atoms with E-state index < -0.39 is 36.5 Å². The third-order valence-corrected chi connectivity index (χ3v) is 2.66. The Kier molecular flexibility index (Phi) is 5.39. The average molecular weight is 302 g/mol. The molecule has 0 aliphatic carbocycles. The third kappa shape index (κ3) is 4.26. The van der Waals surface area contributed by atoms with Crippen molar-refractivity contribution in [1.82, 2.24) is 15.1 Å². The molecule has 0 aliphatic heterocycles. The van der Waals surface area contributed by atoms with Gasteiger partial charge in [0.2, 0.25) is 11.8 Å². The molecule has 1 unspecified atom stereocenters. The van der Waals surface area contributed by atoms with Gasteiger partial charge in [0, 0.05) is 0 Å². The van der Waals surface area contributed by atoms with Gasteiger partial charge in [-0.25, -0.2) is 8.78 Å². The van der Waals surface area contributed by atoms with Gasteiger partial charge in [-0.15, -0.1) is 0 Å². The van der Waals surface area contributed by atoms with Gasteiger partial charge in [-0.1, -0.05) is 6.58 Å². The fourth-order valence-corrected chi connectivity index (χ4v) is 1.47. The van der Waals surface area contributed by atoms with Crippen LogP contribution in [0, 0.1) is 0 Å². The normalized spacial score (nSPS) is 12.0. The maximum absolute atomic E-state index is 12.9. The minimum Gasteiger partial charge on any atom is -0.495 e. The molecular weight excluding hydrogens is 286 g/mol. The largest absolute Gasteiger partial charge is 0.495 e. The second kappa shape index (κ2) is 6.82. The molecule has 0 bridgehead atoms. The molecule has 0 saturated heterocycles. The monoisotopic (exact) mass is 302 g/mol. The van der Waals surface area contributed by atoms with Crippen molar-refractivity contribution in [2.24, 2.45) is 5.73 Å². The van der Waals surface area contributed by atoms with E-state index in [0.29, 0.717) is 0 Å². The Hall–Kier alpha value is -2.45. The van der Waals surface area contributed by atoms with Gasteiger partial charge < -0.3 is 15.8 Å². The molecule has 0 aromatic carbocycles. The predicted molar refractivity (Wildman–Crippen MR) is 70.0 cm³/mol. The minimum absolute atomic E-state index is 0.0987. The molecule has 3 N–H and O–H groups in total. The van der Waals surface area contributed by atoms with Crippen LogP contribution >= 0.6 is 0 Å². The highest BCUT2D eigenvalue weighted by molar-refractivity contribution is 5.86. The summed E-state index contributed by atoms with van der Waals surface area (Å²) in [5.41, 5.74) is 4.64. The van der Waals surface area contributed by atoms with Crippen LogP contribution in [0.25, 0.3) is 5.76 Å². The fourth-order valence-electron chi connectivity index (χ4n) is 1.47. The number of halogens is 2. The molecule has 0 saturated carbocycles. The van der Waals surface area contributed by atoms with Crippen molar-refractivity contribution in [2.75, 3.05) is 7.11 Å². The van der Waals surface area contributed by atoms with Gasteiger partial charge in [0.15, 0.2) is 0 Å². The summed E-state index contributed by atoms with van der Waals surface area (Å²) in [5.74, 6) is -1.30. The van der Waals surface area contributed by atoms with Gasteiger partial charge in [-0.05, 0) is 13.0 Å².